The van der Waals surface area contributed by atoms with Crippen LogP contribution in [0.25, 0.3) is 0 Å². The number of aliphatic hydroxyl groups excluding tert-OH is 2. The van der Waals surface area contributed by atoms with Gasteiger partial charge < -0.3 is 20.7 Å². The summed E-state index contributed by atoms with van der Waals surface area (Å²) >= 11 is 0. The molecule has 4 N–H and O–H groups in total. The zero-order valence-corrected chi connectivity index (χ0v) is 8.05. The molecule has 78 valence electrons. The molecule has 0 unspecified atom stereocenters. The first kappa shape index (κ1) is 11.0. The van der Waals surface area contributed by atoms with Gasteiger partial charge >= 0.3 is 0 Å². The highest BCUT2D eigenvalue weighted by Crippen LogP contribution is 2.19. The van der Waals surface area contributed by atoms with Crippen LogP contribution in [0.15, 0.2) is 24.3 Å². The van der Waals surface area contributed by atoms with Gasteiger partial charge in [0.25, 0.3) is 0 Å². The minimum absolute atomic E-state index is 0.243. The molecule has 0 fully saturated rings. The largest absolute Gasteiger partial charge is 0.497 e. The van der Waals surface area contributed by atoms with Gasteiger partial charge in [-0.05, 0) is 17.7 Å². The Balaban J connectivity index is 2.75. The molecule has 0 aliphatic rings. The van der Waals surface area contributed by atoms with Crippen molar-refractivity contribution in [3.63, 3.8) is 0 Å². The SMILES string of the molecule is COc1ccc([C@@H](O)[C@H](N)CO)cc1. The zero-order valence-electron chi connectivity index (χ0n) is 8.05. The number of methoxy groups -OCH3 is 1. The molecule has 0 aliphatic carbocycles. The van der Waals surface area contributed by atoms with E-state index in [1.807, 2.05) is 0 Å². The highest BCUT2D eigenvalue weighted by molar-refractivity contribution is 5.28. The van der Waals surface area contributed by atoms with Gasteiger partial charge in [0, 0.05) is 0 Å². The number of aliphatic hydroxyl groups is 2. The number of ether oxygens (including phenoxy) is 1. The molecule has 0 heterocycles. The average Bonchev–Trinajstić information content (AvgIpc) is 2.27. The Morgan fingerprint density at radius 2 is 1.93 bits per heavy atom. The van der Waals surface area contributed by atoms with Crippen molar-refractivity contribution in [3.8, 4) is 5.75 Å². The number of nitrogens with two attached hydrogens (primary N) is 1. The fraction of sp³-hybridized carbons (Fsp3) is 0.400. The Morgan fingerprint density at radius 1 is 1.36 bits per heavy atom. The molecule has 0 aliphatic heterocycles. The van der Waals surface area contributed by atoms with Crippen LogP contribution < -0.4 is 10.5 Å². The second-order valence-electron chi connectivity index (χ2n) is 3.06. The fourth-order valence-corrected chi connectivity index (χ4v) is 1.15. The predicted octanol–water partition coefficient (Wildman–Crippen LogP) is 0.0482. The molecule has 0 bridgehead atoms. The van der Waals surface area contributed by atoms with Crippen molar-refractivity contribution in [3.05, 3.63) is 29.8 Å². The number of benzene rings is 1. The summed E-state index contributed by atoms with van der Waals surface area (Å²) in [6.45, 7) is -0.243. The summed E-state index contributed by atoms with van der Waals surface area (Å²) in [6, 6.07) is 6.27. The highest BCUT2D eigenvalue weighted by atomic mass is 16.5. The average molecular weight is 197 g/mol. The quantitative estimate of drug-likeness (QED) is 0.637. The van der Waals surface area contributed by atoms with Gasteiger partial charge in [-0.2, -0.15) is 0 Å². The smallest absolute Gasteiger partial charge is 0.118 e. The number of hydrogen-bond acceptors (Lipinski definition) is 4. The third-order valence-electron chi connectivity index (χ3n) is 2.07. The Kier molecular flexibility index (Phi) is 3.88. The Morgan fingerprint density at radius 3 is 2.36 bits per heavy atom. The van der Waals surface area contributed by atoms with E-state index in [2.05, 4.69) is 0 Å². The van der Waals surface area contributed by atoms with Gasteiger partial charge in [0.1, 0.15) is 5.75 Å². The maximum absolute atomic E-state index is 9.63. The topological polar surface area (TPSA) is 75.7 Å². The molecule has 0 saturated carbocycles. The van der Waals surface area contributed by atoms with Gasteiger partial charge in [0.15, 0.2) is 0 Å². The predicted molar refractivity (Wildman–Crippen MR) is 53.0 cm³/mol. The van der Waals surface area contributed by atoms with Crippen molar-refractivity contribution in [2.75, 3.05) is 13.7 Å². The molecule has 1 aromatic rings. The van der Waals surface area contributed by atoms with Crippen LogP contribution in [0, 0.1) is 0 Å². The summed E-state index contributed by atoms with van der Waals surface area (Å²) in [7, 11) is 1.57. The maximum Gasteiger partial charge on any atom is 0.118 e. The van der Waals surface area contributed by atoms with Gasteiger partial charge in [0.2, 0.25) is 0 Å². The molecule has 1 aromatic carbocycles. The molecular formula is C10H15NO3. The van der Waals surface area contributed by atoms with Crippen LogP contribution in [-0.2, 0) is 0 Å². The molecular weight excluding hydrogens is 182 g/mol. The summed E-state index contributed by atoms with van der Waals surface area (Å²) in [4.78, 5) is 0. The highest BCUT2D eigenvalue weighted by Gasteiger charge is 2.15. The fourth-order valence-electron chi connectivity index (χ4n) is 1.15. The second kappa shape index (κ2) is 4.95. The van der Waals surface area contributed by atoms with E-state index >= 15 is 0 Å². The van der Waals surface area contributed by atoms with E-state index in [0.29, 0.717) is 5.56 Å². The van der Waals surface area contributed by atoms with Crippen LogP contribution in [0.2, 0.25) is 0 Å². The summed E-state index contributed by atoms with van der Waals surface area (Å²) in [5, 5.41) is 18.4. The standard InChI is InChI=1S/C10H15NO3/c1-14-8-4-2-7(3-5-8)10(13)9(11)6-12/h2-5,9-10,12-13H,6,11H2,1H3/t9-,10-/m1/s1. The van der Waals surface area contributed by atoms with Crippen molar-refractivity contribution in [1.29, 1.82) is 0 Å². The van der Waals surface area contributed by atoms with E-state index in [-0.39, 0.29) is 6.61 Å². The molecule has 4 heteroatoms. The zero-order chi connectivity index (χ0) is 10.6. The minimum atomic E-state index is -0.842. The van der Waals surface area contributed by atoms with Crippen molar-refractivity contribution in [2.24, 2.45) is 5.73 Å². The van der Waals surface area contributed by atoms with Crippen molar-refractivity contribution in [2.45, 2.75) is 12.1 Å². The minimum Gasteiger partial charge on any atom is -0.497 e. The van der Waals surface area contributed by atoms with E-state index in [9.17, 15) is 5.11 Å². The van der Waals surface area contributed by atoms with E-state index in [4.69, 9.17) is 15.6 Å². The Labute approximate surface area is 82.9 Å². The molecule has 14 heavy (non-hydrogen) atoms. The van der Waals surface area contributed by atoms with Gasteiger partial charge in [-0.1, -0.05) is 12.1 Å². The Bertz CT molecular complexity index is 273. The third-order valence-corrected chi connectivity index (χ3v) is 2.07. The van der Waals surface area contributed by atoms with Crippen LogP contribution in [0.4, 0.5) is 0 Å². The van der Waals surface area contributed by atoms with E-state index in [0.717, 1.165) is 5.75 Å². The molecule has 0 saturated heterocycles. The molecule has 1 rings (SSSR count). The van der Waals surface area contributed by atoms with Gasteiger partial charge in [-0.25, -0.2) is 0 Å². The lowest BCUT2D eigenvalue weighted by Gasteiger charge is -2.16. The lowest BCUT2D eigenvalue weighted by molar-refractivity contribution is 0.109. The monoisotopic (exact) mass is 197 g/mol. The van der Waals surface area contributed by atoms with E-state index in [1.54, 1.807) is 31.4 Å². The summed E-state index contributed by atoms with van der Waals surface area (Å²) in [6.07, 6.45) is -0.842. The molecule has 0 amide bonds. The molecule has 0 spiro atoms. The van der Waals surface area contributed by atoms with Crippen LogP contribution in [-0.4, -0.2) is 30.0 Å². The van der Waals surface area contributed by atoms with Crippen LogP contribution in [0.1, 0.15) is 11.7 Å². The lowest BCUT2D eigenvalue weighted by Crippen LogP contribution is -2.31. The van der Waals surface area contributed by atoms with Gasteiger partial charge in [-0.15, -0.1) is 0 Å². The molecule has 0 aromatic heterocycles. The van der Waals surface area contributed by atoms with Crippen LogP contribution in [0.5, 0.6) is 5.75 Å². The lowest BCUT2D eigenvalue weighted by atomic mass is 10.0. The summed E-state index contributed by atoms with van der Waals surface area (Å²) in [5.41, 5.74) is 6.16. The Hall–Kier alpha value is -1.10. The van der Waals surface area contributed by atoms with Crippen LogP contribution in [0.3, 0.4) is 0 Å². The molecule has 0 radical (unpaired) electrons. The van der Waals surface area contributed by atoms with E-state index < -0.39 is 12.1 Å². The first-order valence-electron chi connectivity index (χ1n) is 4.37. The third kappa shape index (κ3) is 2.45. The van der Waals surface area contributed by atoms with Crippen molar-refractivity contribution < 1.29 is 14.9 Å². The first-order chi connectivity index (χ1) is 6.69. The maximum atomic E-state index is 9.63. The molecule has 4 nitrogen and oxygen atoms in total. The summed E-state index contributed by atoms with van der Waals surface area (Å²) < 4.78 is 4.97. The molecule has 2 atom stereocenters. The number of hydrogen-bond donors (Lipinski definition) is 3. The van der Waals surface area contributed by atoms with E-state index in [1.165, 1.54) is 0 Å². The normalized spacial score (nSPS) is 14.9. The first-order valence-corrected chi connectivity index (χ1v) is 4.37. The van der Waals surface area contributed by atoms with Gasteiger partial charge in [0.05, 0.1) is 25.9 Å². The van der Waals surface area contributed by atoms with Crippen molar-refractivity contribution >= 4 is 0 Å². The second-order valence-corrected chi connectivity index (χ2v) is 3.06. The van der Waals surface area contributed by atoms with Crippen LogP contribution >= 0.6 is 0 Å². The van der Waals surface area contributed by atoms with Gasteiger partial charge in [-0.3, -0.25) is 0 Å². The number of rotatable bonds is 4. The summed E-state index contributed by atoms with van der Waals surface area (Å²) in [5.74, 6) is 0.721. The van der Waals surface area contributed by atoms with Crippen molar-refractivity contribution in [1.82, 2.24) is 0 Å².